The van der Waals surface area contributed by atoms with E-state index >= 15 is 0 Å². The quantitative estimate of drug-likeness (QED) is 0.875. The number of nitrogens with zero attached hydrogens (tertiary/aromatic N) is 1. The molecule has 1 fully saturated rings. The molecule has 22 heavy (non-hydrogen) atoms. The molecule has 0 aromatic heterocycles. The first-order chi connectivity index (χ1) is 10.5. The normalized spacial score (nSPS) is 22.2. The van der Waals surface area contributed by atoms with Gasteiger partial charge in [-0.15, -0.1) is 0 Å². The number of hydrogen-bond acceptors (Lipinski definition) is 4. The Kier molecular flexibility index (Phi) is 6.09. The van der Waals surface area contributed by atoms with Crippen molar-refractivity contribution in [3.63, 3.8) is 0 Å². The van der Waals surface area contributed by atoms with E-state index in [0.29, 0.717) is 0 Å². The molecule has 1 aromatic carbocycles. The zero-order valence-electron chi connectivity index (χ0n) is 14.6. The molecule has 0 aliphatic carbocycles. The Morgan fingerprint density at radius 2 is 1.95 bits per heavy atom. The van der Waals surface area contributed by atoms with Gasteiger partial charge in [-0.05, 0) is 51.9 Å². The SMILES string of the molecule is CCNCc1ccc(N2CC(C)OC(C)C2)c(OC(C)C)c1. The number of nitrogens with one attached hydrogen (secondary N) is 1. The monoisotopic (exact) mass is 306 g/mol. The second-order valence-corrected chi connectivity index (χ2v) is 6.41. The fourth-order valence-corrected chi connectivity index (χ4v) is 2.92. The summed E-state index contributed by atoms with van der Waals surface area (Å²) in [6.07, 6.45) is 0.665. The lowest BCUT2D eigenvalue weighted by Gasteiger charge is -2.37. The van der Waals surface area contributed by atoms with E-state index < -0.39 is 0 Å². The maximum absolute atomic E-state index is 6.08. The molecular weight excluding hydrogens is 276 g/mol. The smallest absolute Gasteiger partial charge is 0.143 e. The summed E-state index contributed by atoms with van der Waals surface area (Å²) < 4.78 is 11.9. The Bertz CT molecular complexity index is 466. The fraction of sp³-hybridized carbons (Fsp3) is 0.667. The molecule has 1 aromatic rings. The van der Waals surface area contributed by atoms with Crippen LogP contribution in [0.25, 0.3) is 0 Å². The summed E-state index contributed by atoms with van der Waals surface area (Å²) >= 11 is 0. The summed E-state index contributed by atoms with van der Waals surface area (Å²) in [6, 6.07) is 6.55. The Hall–Kier alpha value is -1.26. The highest BCUT2D eigenvalue weighted by Gasteiger charge is 2.24. The number of hydrogen-bond donors (Lipinski definition) is 1. The van der Waals surface area contributed by atoms with E-state index in [-0.39, 0.29) is 18.3 Å². The molecule has 1 saturated heterocycles. The summed E-state index contributed by atoms with van der Waals surface area (Å²) in [5.41, 5.74) is 2.44. The molecule has 1 N–H and O–H groups in total. The van der Waals surface area contributed by atoms with Crippen LogP contribution in [0.4, 0.5) is 5.69 Å². The third kappa shape index (κ3) is 4.62. The third-order valence-corrected chi connectivity index (χ3v) is 3.73. The van der Waals surface area contributed by atoms with Crippen LogP contribution >= 0.6 is 0 Å². The molecule has 2 rings (SSSR count). The van der Waals surface area contributed by atoms with Crippen LogP contribution in [0.5, 0.6) is 5.75 Å². The Morgan fingerprint density at radius 1 is 1.27 bits per heavy atom. The summed E-state index contributed by atoms with van der Waals surface area (Å²) in [5, 5.41) is 3.37. The first-order valence-corrected chi connectivity index (χ1v) is 8.40. The van der Waals surface area contributed by atoms with E-state index in [0.717, 1.165) is 31.9 Å². The number of anilines is 1. The zero-order chi connectivity index (χ0) is 16.1. The van der Waals surface area contributed by atoms with Crippen LogP contribution in [-0.4, -0.2) is 37.9 Å². The number of rotatable bonds is 6. The van der Waals surface area contributed by atoms with Gasteiger partial charge in [-0.1, -0.05) is 13.0 Å². The van der Waals surface area contributed by atoms with Crippen molar-refractivity contribution in [2.24, 2.45) is 0 Å². The summed E-state index contributed by atoms with van der Waals surface area (Å²) in [6.45, 7) is 14.2. The van der Waals surface area contributed by atoms with E-state index in [1.807, 2.05) is 0 Å². The summed E-state index contributed by atoms with van der Waals surface area (Å²) in [5.74, 6) is 0.978. The van der Waals surface area contributed by atoms with E-state index in [2.05, 4.69) is 63.0 Å². The second kappa shape index (κ2) is 7.84. The van der Waals surface area contributed by atoms with Gasteiger partial charge < -0.3 is 19.7 Å². The van der Waals surface area contributed by atoms with Crippen LogP contribution < -0.4 is 15.0 Å². The number of benzene rings is 1. The lowest BCUT2D eigenvalue weighted by molar-refractivity contribution is -0.00538. The van der Waals surface area contributed by atoms with Gasteiger partial charge in [0.1, 0.15) is 5.75 Å². The van der Waals surface area contributed by atoms with Crippen LogP contribution in [0.15, 0.2) is 18.2 Å². The molecule has 4 nitrogen and oxygen atoms in total. The van der Waals surface area contributed by atoms with Crippen molar-refractivity contribution in [3.8, 4) is 5.75 Å². The van der Waals surface area contributed by atoms with Gasteiger partial charge in [-0.2, -0.15) is 0 Å². The van der Waals surface area contributed by atoms with Gasteiger partial charge in [0.2, 0.25) is 0 Å². The van der Waals surface area contributed by atoms with Gasteiger partial charge in [-0.3, -0.25) is 0 Å². The van der Waals surface area contributed by atoms with E-state index in [1.54, 1.807) is 0 Å². The van der Waals surface area contributed by atoms with E-state index in [1.165, 1.54) is 11.3 Å². The lowest BCUT2D eigenvalue weighted by atomic mass is 10.1. The molecule has 0 saturated carbocycles. The summed E-state index contributed by atoms with van der Waals surface area (Å²) in [4.78, 5) is 2.38. The Morgan fingerprint density at radius 3 is 2.55 bits per heavy atom. The molecule has 1 heterocycles. The maximum Gasteiger partial charge on any atom is 0.143 e. The van der Waals surface area contributed by atoms with Crippen LogP contribution in [-0.2, 0) is 11.3 Å². The van der Waals surface area contributed by atoms with Crippen LogP contribution in [0.3, 0.4) is 0 Å². The molecule has 1 aliphatic heterocycles. The molecule has 4 heteroatoms. The van der Waals surface area contributed by atoms with Crippen molar-refractivity contribution in [1.29, 1.82) is 0 Å². The van der Waals surface area contributed by atoms with Gasteiger partial charge >= 0.3 is 0 Å². The van der Waals surface area contributed by atoms with Crippen molar-refractivity contribution in [2.45, 2.75) is 59.5 Å². The first-order valence-electron chi connectivity index (χ1n) is 8.40. The third-order valence-electron chi connectivity index (χ3n) is 3.73. The van der Waals surface area contributed by atoms with Gasteiger partial charge in [-0.25, -0.2) is 0 Å². The van der Waals surface area contributed by atoms with Gasteiger partial charge in [0.25, 0.3) is 0 Å². The van der Waals surface area contributed by atoms with E-state index in [9.17, 15) is 0 Å². The minimum Gasteiger partial charge on any atom is -0.489 e. The zero-order valence-corrected chi connectivity index (χ0v) is 14.6. The van der Waals surface area contributed by atoms with Gasteiger partial charge in [0.15, 0.2) is 0 Å². The predicted molar refractivity (Wildman–Crippen MR) is 91.8 cm³/mol. The Labute approximate surface area is 134 Å². The minimum atomic E-state index is 0.170. The predicted octanol–water partition coefficient (Wildman–Crippen LogP) is 3.20. The van der Waals surface area contributed by atoms with Crippen molar-refractivity contribution in [1.82, 2.24) is 5.32 Å². The van der Waals surface area contributed by atoms with Crippen LogP contribution in [0.1, 0.15) is 40.2 Å². The summed E-state index contributed by atoms with van der Waals surface area (Å²) in [7, 11) is 0. The fourth-order valence-electron chi connectivity index (χ4n) is 2.92. The van der Waals surface area contributed by atoms with E-state index in [4.69, 9.17) is 9.47 Å². The molecule has 1 aliphatic rings. The molecule has 124 valence electrons. The minimum absolute atomic E-state index is 0.170. The topological polar surface area (TPSA) is 33.7 Å². The highest BCUT2D eigenvalue weighted by molar-refractivity contribution is 5.60. The average Bonchev–Trinajstić information content (AvgIpc) is 2.43. The van der Waals surface area contributed by atoms with Crippen molar-refractivity contribution >= 4 is 5.69 Å². The van der Waals surface area contributed by atoms with Gasteiger partial charge in [0, 0.05) is 19.6 Å². The lowest BCUT2D eigenvalue weighted by Crippen LogP contribution is -2.45. The highest BCUT2D eigenvalue weighted by Crippen LogP contribution is 2.32. The first kappa shape index (κ1) is 17.1. The molecule has 0 spiro atoms. The molecule has 0 radical (unpaired) electrons. The molecule has 2 unspecified atom stereocenters. The van der Waals surface area contributed by atoms with Crippen LogP contribution in [0, 0.1) is 0 Å². The second-order valence-electron chi connectivity index (χ2n) is 6.41. The number of morpholine rings is 1. The largest absolute Gasteiger partial charge is 0.489 e. The highest BCUT2D eigenvalue weighted by atomic mass is 16.5. The van der Waals surface area contributed by atoms with Crippen LogP contribution in [0.2, 0.25) is 0 Å². The van der Waals surface area contributed by atoms with Gasteiger partial charge in [0.05, 0.1) is 24.0 Å². The molecule has 0 amide bonds. The molecule has 0 bridgehead atoms. The Balaban J connectivity index is 2.24. The average molecular weight is 306 g/mol. The molecule has 2 atom stereocenters. The van der Waals surface area contributed by atoms with Crippen molar-refractivity contribution in [3.05, 3.63) is 23.8 Å². The van der Waals surface area contributed by atoms with Crippen molar-refractivity contribution < 1.29 is 9.47 Å². The number of ether oxygens (including phenoxy) is 2. The van der Waals surface area contributed by atoms with Crippen molar-refractivity contribution in [2.75, 3.05) is 24.5 Å². The molecular formula is C18H30N2O2. The maximum atomic E-state index is 6.08. The standard InChI is InChI=1S/C18H30N2O2/c1-6-19-10-16-7-8-17(18(9-16)21-13(2)3)20-11-14(4)22-15(5)12-20/h7-9,13-15,19H,6,10-12H2,1-5H3.